The molecule has 1 aliphatic rings. The lowest BCUT2D eigenvalue weighted by atomic mass is 10.3. The van der Waals surface area contributed by atoms with Crippen LogP contribution in [0.3, 0.4) is 0 Å². The molecule has 6 nitrogen and oxygen atoms in total. The number of carbonyl (C=O) groups is 1. The molecule has 1 amide bonds. The molecule has 0 aromatic carbocycles. The molecule has 1 atom stereocenters. The molecule has 1 fully saturated rings. The van der Waals surface area contributed by atoms with Crippen LogP contribution in [0.15, 0.2) is 0 Å². The van der Waals surface area contributed by atoms with Crippen LogP contribution in [-0.4, -0.2) is 62.8 Å². The van der Waals surface area contributed by atoms with Crippen molar-refractivity contribution >= 4 is 28.3 Å². The van der Waals surface area contributed by atoms with E-state index in [1.165, 1.54) is 4.90 Å². The summed E-state index contributed by atoms with van der Waals surface area (Å²) in [6.07, 6.45) is -8.58. The number of primary amides is 1. The van der Waals surface area contributed by atoms with Gasteiger partial charge >= 0.3 is 12.3 Å². The zero-order chi connectivity index (χ0) is 14.0. The van der Waals surface area contributed by atoms with E-state index in [-0.39, 0.29) is 37.0 Å². The lowest BCUT2D eigenvalue weighted by molar-refractivity contribution is -0.206. The van der Waals surface area contributed by atoms with Crippen molar-refractivity contribution in [3.63, 3.8) is 0 Å². The minimum absolute atomic E-state index is 0. The zero-order valence-corrected chi connectivity index (χ0v) is 11.4. The maximum absolute atomic E-state index is 12.5. The van der Waals surface area contributed by atoms with E-state index in [2.05, 4.69) is 10.5 Å². The normalized spacial score (nSPS) is 21.2. The fourth-order valence-corrected chi connectivity index (χ4v) is 2.79. The van der Waals surface area contributed by atoms with E-state index in [9.17, 15) is 26.4 Å². The van der Waals surface area contributed by atoms with Gasteiger partial charge in [0.15, 0.2) is 9.84 Å². The lowest BCUT2D eigenvalue weighted by Gasteiger charge is -2.30. The Hall–Kier alpha value is -0.740. The van der Waals surface area contributed by atoms with Crippen LogP contribution in [0.1, 0.15) is 0 Å². The number of nitrogens with two attached hydrogens (primary N) is 1. The molecule has 0 aromatic heterocycles. The highest BCUT2D eigenvalue weighted by atomic mass is 35.5. The van der Waals surface area contributed by atoms with Gasteiger partial charge in [-0.25, -0.2) is 13.2 Å². The molecule has 1 aliphatic heterocycles. The highest BCUT2D eigenvalue weighted by Crippen LogP contribution is 2.24. The van der Waals surface area contributed by atoms with Crippen LogP contribution in [-0.2, 0) is 14.6 Å². The molecule has 0 radical (unpaired) electrons. The first-order valence-corrected chi connectivity index (χ1v) is 6.88. The molecule has 0 saturated carbocycles. The van der Waals surface area contributed by atoms with E-state index >= 15 is 0 Å². The van der Waals surface area contributed by atoms with Crippen LogP contribution in [0.4, 0.5) is 18.0 Å². The highest BCUT2D eigenvalue weighted by Gasteiger charge is 2.44. The largest absolute Gasteiger partial charge is 0.435 e. The summed E-state index contributed by atoms with van der Waals surface area (Å²) >= 11 is 0. The first-order chi connectivity index (χ1) is 8.10. The fraction of sp³-hybridized carbons (Fsp3) is 0.875. The highest BCUT2D eigenvalue weighted by molar-refractivity contribution is 7.91. The Morgan fingerprint density at radius 2 is 1.79 bits per heavy atom. The fourth-order valence-electron chi connectivity index (χ4n) is 1.52. The monoisotopic (exact) mass is 326 g/mol. The van der Waals surface area contributed by atoms with Gasteiger partial charge < -0.3 is 10.5 Å². The van der Waals surface area contributed by atoms with E-state index in [1.807, 2.05) is 0 Å². The Morgan fingerprint density at radius 3 is 2.16 bits per heavy atom. The van der Waals surface area contributed by atoms with Gasteiger partial charge in [0.25, 0.3) is 0 Å². The second kappa shape index (κ2) is 6.62. The van der Waals surface area contributed by atoms with Crippen LogP contribution in [0.25, 0.3) is 0 Å². The average Bonchev–Trinajstić information content (AvgIpc) is 2.18. The Labute approximate surface area is 114 Å². The zero-order valence-electron chi connectivity index (χ0n) is 9.72. The van der Waals surface area contributed by atoms with Gasteiger partial charge in [-0.05, 0) is 0 Å². The van der Waals surface area contributed by atoms with E-state index in [0.29, 0.717) is 0 Å². The SMILES string of the molecule is Cl.NC(=O)O[C@@H](CN1CCS(=O)(=O)CC1)C(F)(F)F. The summed E-state index contributed by atoms with van der Waals surface area (Å²) in [7, 11) is -3.17. The third-order valence-corrected chi connectivity index (χ3v) is 4.09. The van der Waals surface area contributed by atoms with Gasteiger partial charge in [0.1, 0.15) is 0 Å². The molecule has 19 heavy (non-hydrogen) atoms. The van der Waals surface area contributed by atoms with Crippen molar-refractivity contribution in [3.8, 4) is 0 Å². The summed E-state index contributed by atoms with van der Waals surface area (Å²) in [5, 5.41) is 0. The Balaban J connectivity index is 0.00000324. The van der Waals surface area contributed by atoms with Gasteiger partial charge in [-0.3, -0.25) is 4.90 Å². The summed E-state index contributed by atoms with van der Waals surface area (Å²) in [6.45, 7) is -0.643. The van der Waals surface area contributed by atoms with Gasteiger partial charge in [0, 0.05) is 19.6 Å². The molecule has 0 unspecified atom stereocenters. The molecule has 11 heteroatoms. The molecular formula is C8H14ClF3N2O4S. The number of alkyl halides is 3. The summed E-state index contributed by atoms with van der Waals surface area (Å²) in [4.78, 5) is 11.7. The predicted octanol–water partition coefficient (Wildman–Crippen LogP) is 0.165. The van der Waals surface area contributed by atoms with E-state index in [0.717, 1.165) is 0 Å². The Morgan fingerprint density at radius 1 is 1.32 bits per heavy atom. The van der Waals surface area contributed by atoms with Crippen molar-refractivity contribution in [1.82, 2.24) is 4.90 Å². The van der Waals surface area contributed by atoms with Gasteiger partial charge in [-0.1, -0.05) is 0 Å². The smallest absolute Gasteiger partial charge is 0.426 e. The van der Waals surface area contributed by atoms with Crippen LogP contribution in [0, 0.1) is 0 Å². The summed E-state index contributed by atoms with van der Waals surface area (Å²) in [5.41, 5.74) is 4.56. The average molecular weight is 327 g/mol. The van der Waals surface area contributed by atoms with Gasteiger partial charge in [0.05, 0.1) is 11.5 Å². The quantitative estimate of drug-likeness (QED) is 0.798. The molecular weight excluding hydrogens is 313 g/mol. The van der Waals surface area contributed by atoms with E-state index < -0.39 is 34.8 Å². The number of rotatable bonds is 3. The minimum atomic E-state index is -4.73. The van der Waals surface area contributed by atoms with Crippen molar-refractivity contribution in [2.45, 2.75) is 12.3 Å². The van der Waals surface area contributed by atoms with Crippen LogP contribution < -0.4 is 5.73 Å². The van der Waals surface area contributed by atoms with E-state index in [4.69, 9.17) is 0 Å². The maximum Gasteiger partial charge on any atom is 0.426 e. The van der Waals surface area contributed by atoms with Gasteiger partial charge in [0.2, 0.25) is 6.10 Å². The third kappa shape index (κ3) is 6.30. The molecule has 1 rings (SSSR count). The lowest BCUT2D eigenvalue weighted by Crippen LogP contribution is -2.49. The Kier molecular flexibility index (Phi) is 6.36. The van der Waals surface area contributed by atoms with Crippen LogP contribution in [0.2, 0.25) is 0 Å². The Bertz CT molecular complexity index is 401. The molecule has 114 valence electrons. The summed E-state index contributed by atoms with van der Waals surface area (Å²) in [6, 6.07) is 0. The van der Waals surface area contributed by atoms with Crippen LogP contribution in [0.5, 0.6) is 0 Å². The summed E-state index contributed by atoms with van der Waals surface area (Å²) in [5.74, 6) is -0.400. The number of amides is 1. The molecule has 0 bridgehead atoms. The van der Waals surface area contributed by atoms with Gasteiger partial charge in [-0.15, -0.1) is 12.4 Å². The first kappa shape index (κ1) is 18.3. The van der Waals surface area contributed by atoms with Crippen molar-refractivity contribution in [1.29, 1.82) is 0 Å². The van der Waals surface area contributed by atoms with Gasteiger partial charge in [-0.2, -0.15) is 13.2 Å². The molecule has 0 spiro atoms. The standard InChI is InChI=1S/C8H13F3N2O4S.ClH/c9-8(10,11)6(17-7(12)14)5-13-1-3-18(15,16)4-2-13;/h6H,1-5H2,(H2,12,14);1H/t6-;/m0./s1. The number of halogens is 4. The van der Waals surface area contributed by atoms with Crippen molar-refractivity contribution in [3.05, 3.63) is 0 Å². The van der Waals surface area contributed by atoms with Crippen molar-refractivity contribution in [2.75, 3.05) is 31.1 Å². The second-order valence-electron chi connectivity index (χ2n) is 3.92. The first-order valence-electron chi connectivity index (χ1n) is 5.06. The minimum Gasteiger partial charge on any atom is -0.435 e. The number of hydrogen-bond donors (Lipinski definition) is 1. The maximum atomic E-state index is 12.5. The van der Waals surface area contributed by atoms with Crippen molar-refractivity contribution < 1.29 is 31.1 Å². The topological polar surface area (TPSA) is 89.7 Å². The number of sulfone groups is 1. The van der Waals surface area contributed by atoms with Crippen LogP contribution >= 0.6 is 12.4 Å². The number of ether oxygens (including phenoxy) is 1. The second-order valence-corrected chi connectivity index (χ2v) is 6.22. The number of nitrogens with zero attached hydrogens (tertiary/aromatic N) is 1. The molecule has 1 saturated heterocycles. The number of hydrogen-bond acceptors (Lipinski definition) is 5. The predicted molar refractivity (Wildman–Crippen MR) is 62.9 cm³/mol. The number of carbonyl (C=O) groups excluding carboxylic acids is 1. The molecule has 0 aromatic rings. The van der Waals surface area contributed by atoms with Crippen molar-refractivity contribution in [2.24, 2.45) is 5.73 Å². The molecule has 0 aliphatic carbocycles. The molecule has 2 N–H and O–H groups in total. The summed E-state index contributed by atoms with van der Waals surface area (Å²) < 4.78 is 63.7. The molecule has 1 heterocycles. The van der Waals surface area contributed by atoms with E-state index in [1.54, 1.807) is 0 Å². The third-order valence-electron chi connectivity index (χ3n) is 2.48.